The SMILES string of the molecule is COc1cc(NC(=O)COC(=O)c2oc3ccc(Br)cc3c2C)cc(OC)c1OC. The molecule has 0 unspecified atom stereocenters. The average Bonchev–Trinajstić information content (AvgIpc) is 3.07. The van der Waals surface area contributed by atoms with Gasteiger partial charge in [0.05, 0.1) is 21.3 Å². The monoisotopic (exact) mass is 477 g/mol. The van der Waals surface area contributed by atoms with Crippen molar-refractivity contribution in [1.82, 2.24) is 0 Å². The van der Waals surface area contributed by atoms with E-state index in [9.17, 15) is 9.59 Å². The first kappa shape index (κ1) is 21.5. The number of furan rings is 1. The van der Waals surface area contributed by atoms with Crippen molar-refractivity contribution in [2.45, 2.75) is 6.92 Å². The molecule has 9 heteroatoms. The molecule has 1 heterocycles. The van der Waals surface area contributed by atoms with E-state index in [1.54, 1.807) is 25.1 Å². The van der Waals surface area contributed by atoms with Crippen molar-refractivity contribution in [3.05, 3.63) is 46.1 Å². The number of fused-ring (bicyclic) bond motifs is 1. The van der Waals surface area contributed by atoms with E-state index in [4.69, 9.17) is 23.4 Å². The molecule has 0 bridgehead atoms. The summed E-state index contributed by atoms with van der Waals surface area (Å²) >= 11 is 3.39. The van der Waals surface area contributed by atoms with E-state index < -0.39 is 18.5 Å². The van der Waals surface area contributed by atoms with Gasteiger partial charge >= 0.3 is 5.97 Å². The van der Waals surface area contributed by atoms with E-state index in [0.717, 1.165) is 9.86 Å². The van der Waals surface area contributed by atoms with Crippen molar-refractivity contribution in [1.29, 1.82) is 0 Å². The maximum absolute atomic E-state index is 12.4. The molecule has 0 aliphatic carbocycles. The standard InChI is InChI=1S/C21H20BrNO7/c1-11-14-7-12(22)5-6-15(14)30-19(11)21(25)29-10-18(24)23-13-8-16(26-2)20(28-4)17(9-13)27-3/h5-9H,10H2,1-4H3,(H,23,24). The van der Waals surface area contributed by atoms with Crippen LogP contribution < -0.4 is 19.5 Å². The van der Waals surface area contributed by atoms with Gasteiger partial charge in [-0.3, -0.25) is 4.79 Å². The highest BCUT2D eigenvalue weighted by molar-refractivity contribution is 9.10. The fourth-order valence-corrected chi connectivity index (χ4v) is 3.30. The molecule has 8 nitrogen and oxygen atoms in total. The number of amides is 1. The van der Waals surface area contributed by atoms with Crippen molar-refractivity contribution < 1.29 is 33.0 Å². The Kier molecular flexibility index (Phi) is 6.51. The number of benzene rings is 2. The van der Waals surface area contributed by atoms with Crippen molar-refractivity contribution in [2.24, 2.45) is 0 Å². The Hall–Kier alpha value is -3.20. The van der Waals surface area contributed by atoms with E-state index >= 15 is 0 Å². The van der Waals surface area contributed by atoms with Crippen LogP contribution in [-0.4, -0.2) is 39.8 Å². The molecular formula is C21H20BrNO7. The Morgan fingerprint density at radius 2 is 1.70 bits per heavy atom. The molecule has 30 heavy (non-hydrogen) atoms. The third-order valence-corrected chi connectivity index (χ3v) is 4.86. The molecule has 3 aromatic rings. The Bertz CT molecular complexity index is 1080. The van der Waals surface area contributed by atoms with Gasteiger partial charge in [0.2, 0.25) is 11.5 Å². The summed E-state index contributed by atoms with van der Waals surface area (Å²) in [6.07, 6.45) is 0. The molecule has 0 atom stereocenters. The molecule has 2 aromatic carbocycles. The van der Waals surface area contributed by atoms with Crippen LogP contribution in [0.25, 0.3) is 11.0 Å². The summed E-state index contributed by atoms with van der Waals surface area (Å²) < 4.78 is 27.3. The van der Waals surface area contributed by atoms with E-state index in [0.29, 0.717) is 34.1 Å². The predicted molar refractivity (Wildman–Crippen MR) is 114 cm³/mol. The average molecular weight is 478 g/mol. The molecule has 1 amide bonds. The molecule has 0 aliphatic heterocycles. The smallest absolute Gasteiger partial charge is 0.375 e. The second-order valence-electron chi connectivity index (χ2n) is 6.23. The van der Waals surface area contributed by atoms with E-state index in [1.807, 2.05) is 12.1 Å². The third-order valence-electron chi connectivity index (χ3n) is 4.37. The Labute approximate surface area is 181 Å². The van der Waals surface area contributed by atoms with E-state index in [2.05, 4.69) is 21.2 Å². The molecule has 0 saturated carbocycles. The molecule has 1 N–H and O–H groups in total. The zero-order valence-electron chi connectivity index (χ0n) is 16.8. The topological polar surface area (TPSA) is 96.2 Å². The van der Waals surface area contributed by atoms with Crippen molar-refractivity contribution in [3.63, 3.8) is 0 Å². The van der Waals surface area contributed by atoms with Crippen molar-refractivity contribution in [3.8, 4) is 17.2 Å². The van der Waals surface area contributed by atoms with Gasteiger partial charge < -0.3 is 28.7 Å². The van der Waals surface area contributed by atoms with Gasteiger partial charge in [-0.1, -0.05) is 15.9 Å². The number of carbonyl (C=O) groups is 2. The lowest BCUT2D eigenvalue weighted by molar-refractivity contribution is -0.119. The number of esters is 1. The van der Waals surface area contributed by atoms with Gasteiger partial charge in [0.1, 0.15) is 5.58 Å². The van der Waals surface area contributed by atoms with Crippen LogP contribution in [-0.2, 0) is 9.53 Å². The molecule has 0 saturated heterocycles. The molecule has 0 radical (unpaired) electrons. The summed E-state index contributed by atoms with van der Waals surface area (Å²) in [5.41, 5.74) is 1.60. The van der Waals surface area contributed by atoms with Gasteiger partial charge in [0, 0.05) is 33.2 Å². The van der Waals surface area contributed by atoms with Crippen molar-refractivity contribution in [2.75, 3.05) is 33.3 Å². The summed E-state index contributed by atoms with van der Waals surface area (Å²) in [5.74, 6) is -0.0319. The van der Waals surface area contributed by atoms with Crippen LogP contribution in [0, 0.1) is 6.92 Å². The number of methoxy groups -OCH3 is 3. The highest BCUT2D eigenvalue weighted by atomic mass is 79.9. The summed E-state index contributed by atoms with van der Waals surface area (Å²) in [6, 6.07) is 8.55. The normalized spacial score (nSPS) is 10.6. The number of halogens is 1. The molecule has 158 valence electrons. The number of rotatable bonds is 7. The van der Waals surface area contributed by atoms with E-state index in [-0.39, 0.29) is 5.76 Å². The Balaban J connectivity index is 1.69. The van der Waals surface area contributed by atoms with Crippen LogP contribution >= 0.6 is 15.9 Å². The number of carbonyl (C=O) groups excluding carboxylic acids is 2. The first-order valence-corrected chi connectivity index (χ1v) is 9.62. The molecule has 0 spiro atoms. The van der Waals surface area contributed by atoms with Crippen LogP contribution in [0.2, 0.25) is 0 Å². The highest BCUT2D eigenvalue weighted by Crippen LogP contribution is 2.39. The molecular weight excluding hydrogens is 458 g/mol. The van der Waals surface area contributed by atoms with Gasteiger partial charge in [-0.2, -0.15) is 0 Å². The lowest BCUT2D eigenvalue weighted by Gasteiger charge is -2.14. The number of ether oxygens (including phenoxy) is 4. The first-order chi connectivity index (χ1) is 14.4. The summed E-state index contributed by atoms with van der Waals surface area (Å²) in [4.78, 5) is 24.7. The summed E-state index contributed by atoms with van der Waals surface area (Å²) in [5, 5.41) is 3.42. The summed E-state index contributed by atoms with van der Waals surface area (Å²) in [7, 11) is 4.43. The molecule has 3 rings (SSSR count). The quantitative estimate of drug-likeness (QED) is 0.505. The number of aryl methyl sites for hydroxylation is 1. The van der Waals surface area contributed by atoms with Gasteiger partial charge in [-0.15, -0.1) is 0 Å². The minimum atomic E-state index is -0.722. The summed E-state index contributed by atoms with van der Waals surface area (Å²) in [6.45, 7) is 1.26. The van der Waals surface area contributed by atoms with Gasteiger partial charge in [-0.25, -0.2) is 4.79 Å². The number of hydrogen-bond donors (Lipinski definition) is 1. The lowest BCUT2D eigenvalue weighted by atomic mass is 10.1. The molecule has 1 aromatic heterocycles. The number of hydrogen-bond acceptors (Lipinski definition) is 7. The fraction of sp³-hybridized carbons (Fsp3) is 0.238. The molecule has 0 aliphatic rings. The Morgan fingerprint density at radius 1 is 1.03 bits per heavy atom. The maximum atomic E-state index is 12.4. The number of anilines is 1. The first-order valence-electron chi connectivity index (χ1n) is 8.83. The van der Waals surface area contributed by atoms with Gasteiger partial charge in [0.15, 0.2) is 18.1 Å². The van der Waals surface area contributed by atoms with Crippen LogP contribution in [0.4, 0.5) is 5.69 Å². The highest BCUT2D eigenvalue weighted by Gasteiger charge is 2.21. The Morgan fingerprint density at radius 3 is 2.30 bits per heavy atom. The predicted octanol–water partition coefficient (Wildman–Crippen LogP) is 4.33. The van der Waals surface area contributed by atoms with Crippen LogP contribution in [0.5, 0.6) is 17.2 Å². The molecule has 0 fully saturated rings. The fourth-order valence-electron chi connectivity index (χ4n) is 2.93. The van der Waals surface area contributed by atoms with Crippen LogP contribution in [0.3, 0.4) is 0 Å². The van der Waals surface area contributed by atoms with Crippen LogP contribution in [0.15, 0.2) is 39.2 Å². The second-order valence-corrected chi connectivity index (χ2v) is 7.15. The maximum Gasteiger partial charge on any atom is 0.375 e. The number of nitrogens with one attached hydrogen (secondary N) is 1. The zero-order valence-corrected chi connectivity index (χ0v) is 18.4. The minimum Gasteiger partial charge on any atom is -0.493 e. The minimum absolute atomic E-state index is 0.0590. The lowest BCUT2D eigenvalue weighted by Crippen LogP contribution is -2.21. The third kappa shape index (κ3) is 4.35. The van der Waals surface area contributed by atoms with E-state index in [1.165, 1.54) is 21.3 Å². The van der Waals surface area contributed by atoms with Gasteiger partial charge in [0.25, 0.3) is 5.91 Å². The van der Waals surface area contributed by atoms with Gasteiger partial charge in [-0.05, 0) is 25.1 Å². The largest absolute Gasteiger partial charge is 0.493 e. The van der Waals surface area contributed by atoms with Crippen molar-refractivity contribution >= 4 is 44.5 Å². The zero-order chi connectivity index (χ0) is 21.8. The van der Waals surface area contributed by atoms with Crippen LogP contribution in [0.1, 0.15) is 16.1 Å². The second kappa shape index (κ2) is 9.08.